The van der Waals surface area contributed by atoms with Gasteiger partial charge in [0.1, 0.15) is 12.2 Å². The van der Waals surface area contributed by atoms with Crippen LogP contribution in [0.1, 0.15) is 36.7 Å². The van der Waals surface area contributed by atoms with Crippen molar-refractivity contribution in [2.45, 2.75) is 45.3 Å². The summed E-state index contributed by atoms with van der Waals surface area (Å²) < 4.78 is 7.82. The van der Waals surface area contributed by atoms with Crippen molar-refractivity contribution in [3.8, 4) is 11.5 Å². The van der Waals surface area contributed by atoms with Gasteiger partial charge in [0.2, 0.25) is 11.8 Å². The largest absolute Gasteiger partial charge is 0.419 e. The van der Waals surface area contributed by atoms with Gasteiger partial charge >= 0.3 is 0 Å². The molecule has 1 N–H and O–H groups in total. The normalized spacial score (nSPS) is 18.3. The summed E-state index contributed by atoms with van der Waals surface area (Å²) in [6, 6.07) is 8.38. The van der Waals surface area contributed by atoms with Crippen molar-refractivity contribution in [3.05, 3.63) is 47.9 Å². The molecule has 0 amide bonds. The van der Waals surface area contributed by atoms with Crippen LogP contribution in [0.3, 0.4) is 0 Å². The highest BCUT2D eigenvalue weighted by molar-refractivity contribution is 5.53. The molecule has 1 aliphatic rings. The number of aromatic nitrogens is 5. The monoisotopic (exact) mass is 324 g/mol. The molecule has 7 nitrogen and oxygen atoms in total. The van der Waals surface area contributed by atoms with Crippen molar-refractivity contribution in [2.24, 2.45) is 0 Å². The molecule has 0 bridgehead atoms. The average Bonchev–Trinajstić information content (AvgIpc) is 3.24. The molecule has 0 unspecified atom stereocenters. The first kappa shape index (κ1) is 15.0. The Balaban J connectivity index is 1.45. The number of rotatable bonds is 4. The van der Waals surface area contributed by atoms with Gasteiger partial charge in [-0.1, -0.05) is 17.7 Å². The average molecular weight is 324 g/mol. The smallest absolute Gasteiger partial charge is 0.247 e. The Labute approximate surface area is 140 Å². The fraction of sp³-hybridized carbons (Fsp3) is 0.412. The molecule has 4 rings (SSSR count). The first-order valence-corrected chi connectivity index (χ1v) is 8.22. The van der Waals surface area contributed by atoms with Gasteiger partial charge in [-0.3, -0.25) is 0 Å². The molecule has 124 valence electrons. The summed E-state index contributed by atoms with van der Waals surface area (Å²) in [6.07, 6.45) is 3.58. The second-order valence-electron chi connectivity index (χ2n) is 6.30. The molecular formula is C17H20N6O. The fourth-order valence-electron chi connectivity index (χ4n) is 3.10. The molecule has 0 saturated carbocycles. The molecule has 2 atom stereocenters. The van der Waals surface area contributed by atoms with Gasteiger partial charge in [-0.15, -0.1) is 10.2 Å². The lowest BCUT2D eigenvalue weighted by atomic mass is 10.1. The number of aryl methyl sites for hydroxylation is 2. The van der Waals surface area contributed by atoms with E-state index in [1.54, 1.807) is 6.33 Å². The van der Waals surface area contributed by atoms with Gasteiger partial charge < -0.3 is 9.73 Å². The minimum Gasteiger partial charge on any atom is -0.419 e. The summed E-state index contributed by atoms with van der Waals surface area (Å²) >= 11 is 0. The highest BCUT2D eigenvalue weighted by Gasteiger charge is 2.23. The van der Waals surface area contributed by atoms with Gasteiger partial charge in [-0.05, 0) is 32.4 Å². The minimum atomic E-state index is -0.00821. The molecule has 1 aliphatic heterocycles. The molecule has 3 aromatic rings. The minimum absolute atomic E-state index is 0.00821. The number of hydrogen-bond donors (Lipinski definition) is 1. The first-order chi connectivity index (χ1) is 11.7. The maximum Gasteiger partial charge on any atom is 0.247 e. The van der Waals surface area contributed by atoms with Gasteiger partial charge in [0.05, 0.1) is 12.6 Å². The Morgan fingerprint density at radius 1 is 1.33 bits per heavy atom. The molecule has 3 heterocycles. The third-order valence-electron chi connectivity index (χ3n) is 4.37. The predicted molar refractivity (Wildman–Crippen MR) is 88.2 cm³/mol. The Hall–Kier alpha value is -2.54. The zero-order chi connectivity index (χ0) is 16.5. The van der Waals surface area contributed by atoms with Crippen molar-refractivity contribution in [1.82, 2.24) is 30.3 Å². The van der Waals surface area contributed by atoms with Crippen LogP contribution in [-0.4, -0.2) is 31.0 Å². The Bertz CT molecular complexity index is 839. The summed E-state index contributed by atoms with van der Waals surface area (Å²) in [6.45, 7) is 4.91. The summed E-state index contributed by atoms with van der Waals surface area (Å²) in [5, 5.41) is 16.2. The fourth-order valence-corrected chi connectivity index (χ4v) is 3.10. The van der Waals surface area contributed by atoms with Crippen LogP contribution in [0.15, 0.2) is 35.0 Å². The van der Waals surface area contributed by atoms with Crippen LogP contribution in [0.5, 0.6) is 0 Å². The third-order valence-corrected chi connectivity index (χ3v) is 4.37. The highest BCUT2D eigenvalue weighted by Crippen LogP contribution is 2.22. The van der Waals surface area contributed by atoms with Crippen LogP contribution >= 0.6 is 0 Å². The van der Waals surface area contributed by atoms with Crippen molar-refractivity contribution >= 4 is 0 Å². The molecule has 2 aromatic heterocycles. The number of nitrogens with zero attached hydrogens (tertiary/aromatic N) is 5. The van der Waals surface area contributed by atoms with Crippen LogP contribution in [0, 0.1) is 6.92 Å². The number of hydrogen-bond acceptors (Lipinski definition) is 6. The summed E-state index contributed by atoms with van der Waals surface area (Å²) in [5.74, 6) is 2.22. The first-order valence-electron chi connectivity index (χ1n) is 8.22. The summed E-state index contributed by atoms with van der Waals surface area (Å²) in [7, 11) is 0. The maximum atomic E-state index is 5.86. The lowest BCUT2D eigenvalue weighted by Gasteiger charge is -2.25. The van der Waals surface area contributed by atoms with Gasteiger partial charge in [-0.2, -0.15) is 5.10 Å². The second kappa shape index (κ2) is 6.16. The van der Waals surface area contributed by atoms with E-state index in [0.717, 1.165) is 30.8 Å². The zero-order valence-corrected chi connectivity index (χ0v) is 13.8. The molecule has 0 aliphatic carbocycles. The molecule has 0 spiro atoms. The van der Waals surface area contributed by atoms with E-state index in [4.69, 9.17) is 4.42 Å². The highest BCUT2D eigenvalue weighted by atomic mass is 16.4. The van der Waals surface area contributed by atoms with Gasteiger partial charge in [-0.25, -0.2) is 9.67 Å². The van der Waals surface area contributed by atoms with E-state index in [0.29, 0.717) is 17.8 Å². The summed E-state index contributed by atoms with van der Waals surface area (Å²) in [4.78, 5) is 4.26. The van der Waals surface area contributed by atoms with E-state index in [2.05, 4.69) is 25.6 Å². The van der Waals surface area contributed by atoms with Crippen molar-refractivity contribution in [2.75, 3.05) is 0 Å². The molecule has 24 heavy (non-hydrogen) atoms. The van der Waals surface area contributed by atoms with E-state index in [1.807, 2.05) is 42.8 Å². The number of fused-ring (bicyclic) bond motifs is 1. The van der Waals surface area contributed by atoms with Crippen LogP contribution in [-0.2, 0) is 13.0 Å². The van der Waals surface area contributed by atoms with Crippen LogP contribution in [0.25, 0.3) is 11.5 Å². The molecule has 1 aromatic carbocycles. The van der Waals surface area contributed by atoms with E-state index in [1.165, 1.54) is 5.56 Å². The quantitative estimate of drug-likeness (QED) is 0.793. The van der Waals surface area contributed by atoms with E-state index in [9.17, 15) is 0 Å². The van der Waals surface area contributed by atoms with Crippen LogP contribution < -0.4 is 5.32 Å². The van der Waals surface area contributed by atoms with Gasteiger partial charge in [0.25, 0.3) is 0 Å². The molecule has 7 heteroatoms. The topological polar surface area (TPSA) is 81.7 Å². The van der Waals surface area contributed by atoms with Crippen molar-refractivity contribution in [3.63, 3.8) is 0 Å². The number of nitrogens with one attached hydrogen (secondary N) is 1. The number of benzene rings is 1. The zero-order valence-electron chi connectivity index (χ0n) is 13.8. The lowest BCUT2D eigenvalue weighted by Crippen LogP contribution is -2.39. The second-order valence-corrected chi connectivity index (χ2v) is 6.30. The predicted octanol–water partition coefficient (Wildman–Crippen LogP) is 2.30. The standard InChI is InChI=1S/C17H20N6O/c1-11-4-3-5-13(8-11)17-22-21-16(24-17)12(2)20-14-6-7-15-18-10-19-23(15)9-14/h3-5,8,10,12,14,20H,6-7,9H2,1-2H3/t12-,14-/m1/s1. The third kappa shape index (κ3) is 2.94. The van der Waals surface area contributed by atoms with Crippen LogP contribution in [0.4, 0.5) is 0 Å². The Morgan fingerprint density at radius 3 is 3.12 bits per heavy atom. The molecule has 0 radical (unpaired) electrons. The van der Waals surface area contributed by atoms with Crippen molar-refractivity contribution < 1.29 is 4.42 Å². The van der Waals surface area contributed by atoms with Gasteiger partial charge in [0.15, 0.2) is 0 Å². The Kier molecular flexibility index (Phi) is 3.86. The molecular weight excluding hydrogens is 304 g/mol. The summed E-state index contributed by atoms with van der Waals surface area (Å²) in [5.41, 5.74) is 2.12. The lowest BCUT2D eigenvalue weighted by molar-refractivity contribution is 0.310. The van der Waals surface area contributed by atoms with E-state index >= 15 is 0 Å². The van der Waals surface area contributed by atoms with Crippen molar-refractivity contribution in [1.29, 1.82) is 0 Å². The van der Waals surface area contributed by atoms with E-state index < -0.39 is 0 Å². The molecule has 0 fully saturated rings. The SMILES string of the molecule is Cc1cccc(-c2nnc([C@@H](C)N[C@@H]3CCc4ncnn4C3)o2)c1. The van der Waals surface area contributed by atoms with Gasteiger partial charge in [0, 0.05) is 18.0 Å². The van der Waals surface area contributed by atoms with Crippen LogP contribution in [0.2, 0.25) is 0 Å². The Morgan fingerprint density at radius 2 is 2.25 bits per heavy atom. The van der Waals surface area contributed by atoms with E-state index in [-0.39, 0.29) is 6.04 Å². The molecule has 0 saturated heterocycles. The maximum absolute atomic E-state index is 5.86.